The van der Waals surface area contributed by atoms with Crippen molar-refractivity contribution in [2.45, 2.75) is 24.9 Å². The van der Waals surface area contributed by atoms with Crippen LogP contribution in [0.5, 0.6) is 5.75 Å². The molecule has 1 saturated heterocycles. The first-order valence-electron chi connectivity index (χ1n) is 9.99. The van der Waals surface area contributed by atoms with Crippen molar-refractivity contribution >= 4 is 5.91 Å². The zero-order valence-corrected chi connectivity index (χ0v) is 16.9. The summed E-state index contributed by atoms with van der Waals surface area (Å²) in [5.41, 5.74) is 0.653. The number of alkyl halides is 3. The van der Waals surface area contributed by atoms with Crippen LogP contribution < -0.4 is 10.3 Å². The normalized spacial score (nSPS) is 16.3. The molecule has 32 heavy (non-hydrogen) atoms. The molecule has 2 N–H and O–H groups in total. The van der Waals surface area contributed by atoms with Crippen LogP contribution in [0.1, 0.15) is 39.8 Å². The quantitative estimate of drug-likeness (QED) is 0.605. The van der Waals surface area contributed by atoms with Gasteiger partial charge >= 0.3 is 6.18 Å². The lowest BCUT2D eigenvalue weighted by molar-refractivity contribution is -0.137. The molecule has 0 saturated carbocycles. The lowest BCUT2D eigenvalue weighted by Gasteiger charge is -2.15. The number of hydrogen-bond acceptors (Lipinski definition) is 5. The van der Waals surface area contributed by atoms with Crippen LogP contribution in [0.2, 0.25) is 0 Å². The van der Waals surface area contributed by atoms with E-state index in [9.17, 15) is 22.8 Å². The number of ether oxygens (including phenoxy) is 1. The Labute approximate surface area is 180 Å². The molecule has 1 aliphatic rings. The van der Waals surface area contributed by atoms with Crippen molar-refractivity contribution in [3.63, 3.8) is 0 Å². The molecule has 0 spiro atoms. The summed E-state index contributed by atoms with van der Waals surface area (Å²) >= 11 is 0. The highest BCUT2D eigenvalue weighted by Crippen LogP contribution is 2.31. The first kappa shape index (κ1) is 21.6. The molecule has 3 heterocycles. The van der Waals surface area contributed by atoms with Crippen molar-refractivity contribution in [2.75, 3.05) is 19.7 Å². The molecular weight excluding hydrogens is 427 g/mol. The van der Waals surface area contributed by atoms with Crippen LogP contribution in [0.3, 0.4) is 0 Å². The minimum atomic E-state index is -4.41. The largest absolute Gasteiger partial charge is 0.493 e. The van der Waals surface area contributed by atoms with E-state index in [1.807, 2.05) is 6.07 Å². The summed E-state index contributed by atoms with van der Waals surface area (Å²) in [5.74, 6) is -0.0505. The summed E-state index contributed by atoms with van der Waals surface area (Å²) in [4.78, 5) is 25.3. The van der Waals surface area contributed by atoms with Gasteiger partial charge in [0.05, 0.1) is 17.9 Å². The minimum Gasteiger partial charge on any atom is -0.493 e. The molecule has 1 aromatic carbocycles. The van der Waals surface area contributed by atoms with Crippen LogP contribution >= 0.6 is 0 Å². The van der Waals surface area contributed by atoms with Gasteiger partial charge in [0.15, 0.2) is 0 Å². The number of aromatic amines is 2. The van der Waals surface area contributed by atoms with Crippen LogP contribution in [-0.4, -0.2) is 50.9 Å². The Morgan fingerprint density at radius 1 is 1.16 bits per heavy atom. The van der Waals surface area contributed by atoms with Crippen LogP contribution in [0, 0.1) is 0 Å². The average molecular weight is 447 g/mol. The summed E-state index contributed by atoms with van der Waals surface area (Å²) in [7, 11) is 0. The molecule has 0 bridgehead atoms. The van der Waals surface area contributed by atoms with Gasteiger partial charge in [-0.2, -0.15) is 23.4 Å². The van der Waals surface area contributed by atoms with Gasteiger partial charge in [0.25, 0.3) is 11.5 Å². The maximum atomic E-state index is 12.8. The second kappa shape index (κ2) is 8.85. The van der Waals surface area contributed by atoms with Crippen LogP contribution in [0.15, 0.2) is 47.3 Å². The van der Waals surface area contributed by atoms with Crippen LogP contribution in [0.25, 0.3) is 0 Å². The molecule has 1 amide bonds. The molecule has 0 aliphatic carbocycles. The number of likely N-dealkylation sites (tertiary alicyclic amines) is 1. The monoisotopic (exact) mass is 447 g/mol. The molecule has 1 atom stereocenters. The number of H-pyrrole nitrogens is 2. The smallest absolute Gasteiger partial charge is 0.416 e. The molecule has 1 aliphatic heterocycles. The highest BCUT2D eigenvalue weighted by Gasteiger charge is 2.31. The molecule has 0 radical (unpaired) electrons. The van der Waals surface area contributed by atoms with Gasteiger partial charge in [0.2, 0.25) is 0 Å². The van der Waals surface area contributed by atoms with E-state index in [1.165, 1.54) is 24.3 Å². The number of nitrogens with zero attached hydrogens (tertiary/aromatic N) is 3. The van der Waals surface area contributed by atoms with Gasteiger partial charge < -0.3 is 9.64 Å². The summed E-state index contributed by atoms with van der Waals surface area (Å²) in [6.45, 7) is 1.21. The fourth-order valence-corrected chi connectivity index (χ4v) is 3.57. The Morgan fingerprint density at radius 3 is 2.75 bits per heavy atom. The lowest BCUT2D eigenvalue weighted by Crippen LogP contribution is -2.30. The Bertz CT molecular complexity index is 1140. The van der Waals surface area contributed by atoms with E-state index in [-0.39, 0.29) is 35.4 Å². The van der Waals surface area contributed by atoms with Crippen molar-refractivity contribution in [1.82, 2.24) is 25.3 Å². The number of aromatic nitrogens is 4. The Kier molecular flexibility index (Phi) is 5.97. The number of rotatable bonds is 6. The lowest BCUT2D eigenvalue weighted by atomic mass is 10.0. The predicted molar refractivity (Wildman–Crippen MR) is 107 cm³/mol. The van der Waals surface area contributed by atoms with Crippen molar-refractivity contribution in [3.05, 3.63) is 75.5 Å². The number of carbonyl (C=O) groups is 1. The van der Waals surface area contributed by atoms with Crippen molar-refractivity contribution < 1.29 is 22.7 Å². The SMILES string of the molecule is O=C(c1ccc(=O)[nH]n1)N1CC[C@H](c2cc(CCOc3cccc(C(F)(F)F)c3)[nH]n2)C1. The van der Waals surface area contributed by atoms with Gasteiger partial charge in [-0.25, -0.2) is 5.10 Å². The third kappa shape index (κ3) is 4.98. The Hall–Kier alpha value is -3.63. The van der Waals surface area contributed by atoms with E-state index < -0.39 is 11.7 Å². The molecule has 8 nitrogen and oxygen atoms in total. The zero-order chi connectivity index (χ0) is 22.7. The maximum Gasteiger partial charge on any atom is 0.416 e. The minimum absolute atomic E-state index is 0.0519. The second-order valence-electron chi connectivity index (χ2n) is 7.49. The predicted octanol–water partition coefficient (Wildman–Crippen LogP) is 2.76. The van der Waals surface area contributed by atoms with Crippen LogP contribution in [-0.2, 0) is 12.6 Å². The molecule has 11 heteroatoms. The number of nitrogens with one attached hydrogen (secondary N) is 2. The number of carbonyl (C=O) groups excluding carboxylic acids is 1. The van der Waals surface area contributed by atoms with Gasteiger partial charge in [0.1, 0.15) is 11.4 Å². The zero-order valence-electron chi connectivity index (χ0n) is 16.9. The first-order valence-corrected chi connectivity index (χ1v) is 9.99. The highest BCUT2D eigenvalue weighted by molar-refractivity contribution is 5.92. The molecule has 1 fully saturated rings. The molecule has 4 rings (SSSR count). The van der Waals surface area contributed by atoms with Crippen LogP contribution in [0.4, 0.5) is 13.2 Å². The van der Waals surface area contributed by atoms with Crippen molar-refractivity contribution in [3.8, 4) is 5.75 Å². The first-order chi connectivity index (χ1) is 15.3. The van der Waals surface area contributed by atoms with Gasteiger partial charge in [-0.1, -0.05) is 6.07 Å². The molecule has 168 valence electrons. The molecular formula is C21H20F3N5O3. The van der Waals surface area contributed by atoms with Crippen molar-refractivity contribution in [2.24, 2.45) is 0 Å². The summed E-state index contributed by atoms with van der Waals surface area (Å²) in [5, 5.41) is 13.3. The number of amides is 1. The van der Waals surface area contributed by atoms with E-state index in [0.717, 1.165) is 29.9 Å². The number of benzene rings is 1. The number of halogens is 3. The van der Waals surface area contributed by atoms with E-state index in [1.54, 1.807) is 4.90 Å². The van der Waals surface area contributed by atoms with E-state index in [4.69, 9.17) is 4.74 Å². The molecule has 3 aromatic rings. The van der Waals surface area contributed by atoms with Crippen molar-refractivity contribution in [1.29, 1.82) is 0 Å². The summed E-state index contributed by atoms with van der Waals surface area (Å²) in [6.07, 6.45) is -3.23. The average Bonchev–Trinajstić information content (AvgIpc) is 3.43. The Morgan fingerprint density at radius 2 is 2.00 bits per heavy atom. The van der Waals surface area contributed by atoms with E-state index in [2.05, 4.69) is 20.4 Å². The fourth-order valence-electron chi connectivity index (χ4n) is 3.57. The van der Waals surface area contributed by atoms with E-state index >= 15 is 0 Å². The van der Waals surface area contributed by atoms with Gasteiger partial charge in [0, 0.05) is 37.2 Å². The third-order valence-corrected chi connectivity index (χ3v) is 5.24. The van der Waals surface area contributed by atoms with E-state index in [0.29, 0.717) is 19.5 Å². The summed E-state index contributed by atoms with van der Waals surface area (Å²) in [6, 6.07) is 9.29. The Balaban J connectivity index is 1.30. The highest BCUT2D eigenvalue weighted by atomic mass is 19.4. The standard InChI is InChI=1S/C21H20F3N5O3/c22-21(23,24)14-2-1-3-16(10-14)32-9-7-15-11-18(27-25-15)13-6-8-29(12-13)20(31)17-4-5-19(30)28-26-17/h1-5,10-11,13H,6-9,12H2,(H,25,27)(H,28,30)/t13-/m0/s1. The topological polar surface area (TPSA) is 104 Å². The van der Waals surface area contributed by atoms with Gasteiger partial charge in [-0.3, -0.25) is 14.7 Å². The fraction of sp³-hybridized carbons (Fsp3) is 0.333. The summed E-state index contributed by atoms with van der Waals surface area (Å²) < 4.78 is 43.8. The second-order valence-corrected chi connectivity index (χ2v) is 7.49. The van der Waals surface area contributed by atoms with Gasteiger partial charge in [-0.05, 0) is 36.8 Å². The van der Waals surface area contributed by atoms with Gasteiger partial charge in [-0.15, -0.1) is 0 Å². The molecule has 2 aromatic heterocycles. The molecule has 0 unspecified atom stereocenters. The maximum absolute atomic E-state index is 12.8. The third-order valence-electron chi connectivity index (χ3n) is 5.24. The number of hydrogen-bond donors (Lipinski definition) is 2.